The van der Waals surface area contributed by atoms with Crippen LogP contribution in [-0.4, -0.2) is 51.7 Å². The minimum Gasteiger partial charge on any atom is -0.481 e. The molecule has 1 aromatic heterocycles. The molecule has 1 saturated heterocycles. The molecule has 2 heterocycles. The number of hydrogen-bond acceptors (Lipinski definition) is 5. The van der Waals surface area contributed by atoms with Crippen LogP contribution in [0.4, 0.5) is 10.7 Å². The van der Waals surface area contributed by atoms with Gasteiger partial charge in [0.1, 0.15) is 6.04 Å². The molecule has 0 aliphatic carbocycles. The number of hydrogen-bond donors (Lipinski definition) is 2. The summed E-state index contributed by atoms with van der Waals surface area (Å²) in [6.07, 6.45) is 2.05. The highest BCUT2D eigenvalue weighted by Gasteiger charge is 2.32. The summed E-state index contributed by atoms with van der Waals surface area (Å²) in [5, 5.41) is 11.7. The molecule has 1 fully saturated rings. The largest absolute Gasteiger partial charge is 0.481 e. The van der Waals surface area contributed by atoms with E-state index in [4.69, 9.17) is 4.74 Å². The normalized spacial score (nSPS) is 18.2. The molecule has 0 saturated carbocycles. The number of aliphatic carboxylic acids is 1. The molecule has 8 heteroatoms. The summed E-state index contributed by atoms with van der Waals surface area (Å²) in [4.78, 5) is 32.8. The number of anilines is 1. The molecule has 0 spiro atoms. The van der Waals surface area contributed by atoms with Crippen molar-refractivity contribution in [2.75, 3.05) is 19.0 Å². The van der Waals surface area contributed by atoms with Gasteiger partial charge in [-0.15, -0.1) is 0 Å². The molecule has 1 aliphatic rings. The number of methoxy groups -OCH3 is 1. The zero-order valence-corrected chi connectivity index (χ0v) is 12.0. The van der Waals surface area contributed by atoms with E-state index in [1.807, 2.05) is 0 Å². The van der Waals surface area contributed by atoms with Crippen LogP contribution in [0.1, 0.15) is 25.0 Å². The molecule has 114 valence electrons. The molecule has 1 atom stereocenters. The van der Waals surface area contributed by atoms with E-state index < -0.39 is 18.0 Å². The lowest BCUT2D eigenvalue weighted by Gasteiger charge is -2.32. The average Bonchev–Trinajstić information content (AvgIpc) is 2.46. The second-order valence-electron chi connectivity index (χ2n) is 4.85. The van der Waals surface area contributed by atoms with Crippen molar-refractivity contribution in [3.05, 3.63) is 11.8 Å². The van der Waals surface area contributed by atoms with Crippen LogP contribution < -0.4 is 10.1 Å². The third kappa shape index (κ3) is 3.59. The van der Waals surface area contributed by atoms with Crippen LogP contribution in [0.15, 0.2) is 6.07 Å². The van der Waals surface area contributed by atoms with Crippen LogP contribution in [0.5, 0.6) is 5.88 Å². The first-order chi connectivity index (χ1) is 10.0. The Morgan fingerprint density at radius 1 is 1.43 bits per heavy atom. The van der Waals surface area contributed by atoms with Crippen molar-refractivity contribution in [1.29, 1.82) is 0 Å². The molecular formula is C13H18N4O4. The highest BCUT2D eigenvalue weighted by molar-refractivity contribution is 5.91. The molecule has 0 radical (unpaired) electrons. The molecule has 1 aliphatic heterocycles. The number of nitrogens with one attached hydrogen (secondary N) is 1. The van der Waals surface area contributed by atoms with Gasteiger partial charge in [0.05, 0.1) is 7.11 Å². The molecule has 0 bridgehead atoms. The summed E-state index contributed by atoms with van der Waals surface area (Å²) in [6.45, 7) is 2.16. The number of carboxylic acid groups (broad SMARTS) is 1. The highest BCUT2D eigenvalue weighted by atomic mass is 16.5. The van der Waals surface area contributed by atoms with Gasteiger partial charge >= 0.3 is 12.0 Å². The van der Waals surface area contributed by atoms with Crippen molar-refractivity contribution in [1.82, 2.24) is 14.9 Å². The van der Waals surface area contributed by atoms with Crippen LogP contribution in [0.2, 0.25) is 0 Å². The number of carbonyl (C=O) groups is 2. The number of amides is 2. The van der Waals surface area contributed by atoms with E-state index in [9.17, 15) is 14.7 Å². The summed E-state index contributed by atoms with van der Waals surface area (Å²) in [6, 6.07) is 0.330. The Kier molecular flexibility index (Phi) is 4.56. The average molecular weight is 294 g/mol. The number of ether oxygens (including phenoxy) is 1. The van der Waals surface area contributed by atoms with Gasteiger partial charge < -0.3 is 14.7 Å². The fourth-order valence-corrected chi connectivity index (χ4v) is 2.30. The lowest BCUT2D eigenvalue weighted by Crippen LogP contribution is -2.49. The maximum Gasteiger partial charge on any atom is 0.326 e. The summed E-state index contributed by atoms with van der Waals surface area (Å²) in [7, 11) is 1.47. The second kappa shape index (κ2) is 6.38. The summed E-state index contributed by atoms with van der Waals surface area (Å²) in [5.41, 5.74) is 0.644. The Morgan fingerprint density at radius 2 is 2.19 bits per heavy atom. The first-order valence-corrected chi connectivity index (χ1v) is 6.71. The van der Waals surface area contributed by atoms with Crippen molar-refractivity contribution in [2.24, 2.45) is 0 Å². The number of likely N-dealkylation sites (tertiary alicyclic amines) is 1. The van der Waals surface area contributed by atoms with Gasteiger partial charge in [0.2, 0.25) is 11.8 Å². The van der Waals surface area contributed by atoms with E-state index in [1.54, 1.807) is 13.0 Å². The lowest BCUT2D eigenvalue weighted by atomic mass is 10.0. The number of carboxylic acids is 1. The number of aryl methyl sites for hydroxylation is 1. The molecule has 1 aromatic rings. The van der Waals surface area contributed by atoms with Gasteiger partial charge in [-0.3, -0.25) is 5.32 Å². The predicted octanol–water partition coefficient (Wildman–Crippen LogP) is 1.26. The smallest absolute Gasteiger partial charge is 0.326 e. The summed E-state index contributed by atoms with van der Waals surface area (Å²) >= 11 is 0. The van der Waals surface area contributed by atoms with E-state index in [2.05, 4.69) is 15.3 Å². The standard InChI is InChI=1S/C13H18N4O4/c1-8-7-10(21-2)15-12(14-8)16-13(20)17-6-4-3-5-9(17)11(18)19/h7,9H,3-6H2,1-2H3,(H,18,19)(H,14,15,16,20). The van der Waals surface area contributed by atoms with Gasteiger partial charge in [-0.1, -0.05) is 0 Å². The van der Waals surface area contributed by atoms with Gasteiger partial charge in [-0.05, 0) is 26.2 Å². The molecule has 1 unspecified atom stereocenters. The summed E-state index contributed by atoms with van der Waals surface area (Å²) < 4.78 is 5.01. The van der Waals surface area contributed by atoms with Crippen LogP contribution in [0.25, 0.3) is 0 Å². The SMILES string of the molecule is COc1cc(C)nc(NC(=O)N2CCCCC2C(=O)O)n1. The van der Waals surface area contributed by atoms with E-state index >= 15 is 0 Å². The highest BCUT2D eigenvalue weighted by Crippen LogP contribution is 2.19. The number of carbonyl (C=O) groups excluding carboxylic acids is 1. The fourth-order valence-electron chi connectivity index (χ4n) is 2.30. The van der Waals surface area contributed by atoms with Crippen LogP contribution in [0, 0.1) is 6.92 Å². The van der Waals surface area contributed by atoms with E-state index in [0.717, 1.165) is 12.8 Å². The minimum atomic E-state index is -0.993. The fraction of sp³-hybridized carbons (Fsp3) is 0.538. The third-order valence-electron chi connectivity index (χ3n) is 3.31. The molecule has 8 nitrogen and oxygen atoms in total. The van der Waals surface area contributed by atoms with Gasteiger partial charge in [0, 0.05) is 18.3 Å². The monoisotopic (exact) mass is 294 g/mol. The van der Waals surface area contributed by atoms with Gasteiger partial charge in [-0.2, -0.15) is 4.98 Å². The number of nitrogens with zero attached hydrogens (tertiary/aromatic N) is 3. The Bertz CT molecular complexity index is 549. The Balaban J connectivity index is 2.13. The Hall–Kier alpha value is -2.38. The molecule has 21 heavy (non-hydrogen) atoms. The number of piperidine rings is 1. The third-order valence-corrected chi connectivity index (χ3v) is 3.31. The summed E-state index contributed by atoms with van der Waals surface area (Å²) in [5.74, 6) is -0.551. The Morgan fingerprint density at radius 3 is 2.86 bits per heavy atom. The van der Waals surface area contributed by atoms with E-state index in [1.165, 1.54) is 12.0 Å². The van der Waals surface area contributed by atoms with Crippen LogP contribution in [-0.2, 0) is 4.79 Å². The van der Waals surface area contributed by atoms with Crippen molar-refractivity contribution in [3.8, 4) is 5.88 Å². The predicted molar refractivity (Wildman–Crippen MR) is 74.3 cm³/mol. The van der Waals surface area contributed by atoms with E-state index in [0.29, 0.717) is 24.5 Å². The quantitative estimate of drug-likeness (QED) is 0.869. The maximum atomic E-state index is 12.2. The molecule has 2 rings (SSSR count). The maximum absolute atomic E-state index is 12.2. The van der Waals surface area contributed by atoms with Gasteiger partial charge in [0.15, 0.2) is 0 Å². The van der Waals surface area contributed by atoms with Crippen molar-refractivity contribution in [2.45, 2.75) is 32.2 Å². The zero-order valence-electron chi connectivity index (χ0n) is 12.0. The van der Waals surface area contributed by atoms with Gasteiger partial charge in [-0.25, -0.2) is 14.6 Å². The molecule has 2 N–H and O–H groups in total. The van der Waals surface area contributed by atoms with Crippen LogP contribution in [0.3, 0.4) is 0 Å². The van der Waals surface area contributed by atoms with Crippen LogP contribution >= 0.6 is 0 Å². The first-order valence-electron chi connectivity index (χ1n) is 6.71. The topological polar surface area (TPSA) is 105 Å². The lowest BCUT2D eigenvalue weighted by molar-refractivity contribution is -0.143. The molecule has 2 amide bonds. The van der Waals surface area contributed by atoms with Crippen molar-refractivity contribution >= 4 is 17.9 Å². The first kappa shape index (κ1) is 15.0. The zero-order chi connectivity index (χ0) is 15.4. The number of aromatic nitrogens is 2. The minimum absolute atomic E-state index is 0.103. The van der Waals surface area contributed by atoms with Gasteiger partial charge in [0.25, 0.3) is 0 Å². The Labute approximate surface area is 122 Å². The van der Waals surface area contributed by atoms with Crippen molar-refractivity contribution in [3.63, 3.8) is 0 Å². The second-order valence-corrected chi connectivity index (χ2v) is 4.85. The number of rotatable bonds is 3. The van der Waals surface area contributed by atoms with E-state index in [-0.39, 0.29) is 5.95 Å². The van der Waals surface area contributed by atoms with Crippen molar-refractivity contribution < 1.29 is 19.4 Å². The number of urea groups is 1. The molecule has 0 aromatic carbocycles. The molecular weight excluding hydrogens is 276 g/mol.